The Labute approximate surface area is 293 Å². The number of amides is 3. The molecule has 2 aromatic carbocycles. The average molecular weight is 690 g/mol. The maximum atomic E-state index is 14.7. The lowest BCUT2D eigenvalue weighted by Crippen LogP contribution is -2.58. The van der Waals surface area contributed by atoms with Gasteiger partial charge >= 0.3 is 5.97 Å². The van der Waals surface area contributed by atoms with Crippen LogP contribution >= 0.6 is 0 Å². The van der Waals surface area contributed by atoms with E-state index in [9.17, 15) is 24.3 Å². The van der Waals surface area contributed by atoms with Crippen LogP contribution < -0.4 is 15.0 Å². The van der Waals surface area contributed by atoms with Crippen molar-refractivity contribution < 1.29 is 43.2 Å². The van der Waals surface area contributed by atoms with Gasteiger partial charge in [0.25, 0.3) is 5.91 Å². The van der Waals surface area contributed by atoms with E-state index >= 15 is 0 Å². The number of anilines is 1. The van der Waals surface area contributed by atoms with Crippen LogP contribution in [0.15, 0.2) is 79.9 Å². The monoisotopic (exact) mass is 689 g/mol. The lowest BCUT2D eigenvalue weighted by molar-refractivity contribution is -0.163. The molecule has 1 spiro atoms. The molecule has 3 saturated heterocycles. The Morgan fingerprint density at radius 2 is 1.84 bits per heavy atom. The van der Waals surface area contributed by atoms with Crippen molar-refractivity contribution in [3.63, 3.8) is 0 Å². The number of likely N-dealkylation sites (tertiary alicyclic amines) is 1. The zero-order valence-corrected chi connectivity index (χ0v) is 28.9. The van der Waals surface area contributed by atoms with Crippen LogP contribution in [0, 0.1) is 11.8 Å². The van der Waals surface area contributed by atoms with Crippen LogP contribution in [0.3, 0.4) is 0 Å². The van der Waals surface area contributed by atoms with Gasteiger partial charge in [-0.25, -0.2) is 0 Å². The van der Waals surface area contributed by atoms with E-state index in [1.165, 1.54) is 16.9 Å². The zero-order valence-electron chi connectivity index (χ0n) is 28.9. The first kappa shape index (κ1) is 36.8. The number of nitrogens with zero attached hydrogens (tertiary/aromatic N) is 2. The average Bonchev–Trinajstić information content (AvgIpc) is 3.79. The fraction of sp³-hybridized carbons (Fsp3) is 0.474. The molecule has 2 aromatic rings. The van der Waals surface area contributed by atoms with Crippen LogP contribution in [-0.4, -0.2) is 97.5 Å². The Balaban J connectivity index is 1.49. The zero-order chi connectivity index (χ0) is 36.0. The third-order valence-electron chi connectivity index (χ3n) is 9.95. The highest BCUT2D eigenvalue weighted by molar-refractivity contribution is 6.04. The van der Waals surface area contributed by atoms with E-state index in [1.54, 1.807) is 74.7 Å². The fourth-order valence-electron chi connectivity index (χ4n) is 7.69. The first-order valence-corrected chi connectivity index (χ1v) is 17.0. The number of hydrogen-bond acceptors (Lipinski definition) is 9. The molecule has 3 aliphatic rings. The van der Waals surface area contributed by atoms with Crippen molar-refractivity contribution in [2.45, 2.75) is 68.5 Å². The largest absolute Gasteiger partial charge is 0.497 e. The van der Waals surface area contributed by atoms with Crippen LogP contribution in [0.1, 0.15) is 44.3 Å². The minimum Gasteiger partial charge on any atom is -0.497 e. The molecule has 3 fully saturated rings. The molecule has 0 unspecified atom stereocenters. The second-order valence-corrected chi connectivity index (χ2v) is 13.0. The quantitative estimate of drug-likeness (QED) is 0.189. The number of esters is 1. The first-order valence-electron chi connectivity index (χ1n) is 17.0. The summed E-state index contributed by atoms with van der Waals surface area (Å²) in [6, 6.07) is 13.4. The van der Waals surface area contributed by atoms with Gasteiger partial charge in [-0.3, -0.25) is 19.2 Å². The molecule has 0 saturated carbocycles. The maximum Gasteiger partial charge on any atom is 0.313 e. The van der Waals surface area contributed by atoms with E-state index in [0.29, 0.717) is 36.3 Å². The molecule has 3 heterocycles. The van der Waals surface area contributed by atoms with Gasteiger partial charge in [0, 0.05) is 25.8 Å². The first-order chi connectivity index (χ1) is 24.1. The number of rotatable bonds is 17. The number of methoxy groups -OCH3 is 2. The predicted octanol–water partition coefficient (Wildman–Crippen LogP) is 3.35. The minimum atomic E-state index is -1.33. The lowest BCUT2D eigenvalue weighted by Gasteiger charge is -2.38. The van der Waals surface area contributed by atoms with Gasteiger partial charge in [-0.1, -0.05) is 42.5 Å². The van der Waals surface area contributed by atoms with Crippen molar-refractivity contribution >= 4 is 29.4 Å². The Morgan fingerprint density at radius 3 is 2.46 bits per heavy atom. The molecule has 268 valence electrons. The molecule has 8 atom stereocenters. The van der Waals surface area contributed by atoms with Gasteiger partial charge in [-0.05, 0) is 56.0 Å². The molecule has 50 heavy (non-hydrogen) atoms. The summed E-state index contributed by atoms with van der Waals surface area (Å²) >= 11 is 0. The molecule has 0 radical (unpaired) electrons. The molecule has 3 aliphatic heterocycles. The van der Waals surface area contributed by atoms with Gasteiger partial charge in [0.05, 0.1) is 50.3 Å². The van der Waals surface area contributed by atoms with E-state index in [1.807, 2.05) is 6.07 Å². The van der Waals surface area contributed by atoms with Crippen molar-refractivity contribution in [1.82, 2.24) is 10.2 Å². The number of fused-ring (bicyclic) bond motifs is 1. The van der Waals surface area contributed by atoms with E-state index in [4.69, 9.17) is 18.9 Å². The van der Waals surface area contributed by atoms with Crippen molar-refractivity contribution in [2.75, 3.05) is 38.9 Å². The lowest BCUT2D eigenvalue weighted by atomic mass is 9.70. The highest BCUT2D eigenvalue weighted by atomic mass is 16.6. The fourth-order valence-corrected chi connectivity index (χ4v) is 7.69. The smallest absolute Gasteiger partial charge is 0.313 e. The number of aliphatic hydroxyl groups excluding tert-OH is 1. The van der Waals surface area contributed by atoms with Crippen LogP contribution in [0.5, 0.6) is 5.75 Å². The van der Waals surface area contributed by atoms with Crippen LogP contribution in [0.4, 0.5) is 5.69 Å². The summed E-state index contributed by atoms with van der Waals surface area (Å²) in [5.41, 5.74) is -0.134. The Bertz CT molecular complexity index is 1550. The van der Waals surface area contributed by atoms with Crippen molar-refractivity contribution in [1.29, 1.82) is 0 Å². The van der Waals surface area contributed by atoms with Crippen LogP contribution in [0.25, 0.3) is 0 Å². The molecule has 12 heteroatoms. The molecule has 12 nitrogen and oxygen atoms in total. The third-order valence-corrected chi connectivity index (χ3v) is 9.95. The SMILES string of the molecule is C=CCCC(=O)N[C@@H](COC)[C@@H](OC(=O)[C@@H]1[C@H]2C(=O)N([C@H](C)CO)[C@H](C(=O)N(CC=C)c3ccc(OC)cc3)[C@]23CC[C@H]1O3)c1ccccc1. The molecule has 0 aliphatic carbocycles. The highest BCUT2D eigenvalue weighted by Crippen LogP contribution is 2.59. The van der Waals surface area contributed by atoms with Crippen molar-refractivity contribution in [3.8, 4) is 5.75 Å². The number of carbonyl (C=O) groups is 4. The number of benzene rings is 2. The molecule has 0 aromatic heterocycles. The van der Waals surface area contributed by atoms with E-state index < -0.39 is 72.2 Å². The summed E-state index contributed by atoms with van der Waals surface area (Å²) in [7, 11) is 3.04. The number of ether oxygens (including phenoxy) is 4. The Morgan fingerprint density at radius 1 is 1.12 bits per heavy atom. The number of aliphatic hydroxyl groups is 1. The van der Waals surface area contributed by atoms with E-state index in [0.717, 1.165) is 0 Å². The van der Waals surface area contributed by atoms with Gasteiger partial charge < -0.3 is 39.2 Å². The Kier molecular flexibility index (Phi) is 11.8. The number of hydrogen-bond donors (Lipinski definition) is 2. The van der Waals surface area contributed by atoms with Gasteiger partial charge in [0.1, 0.15) is 23.5 Å². The summed E-state index contributed by atoms with van der Waals surface area (Å²) in [5.74, 6) is -3.24. The number of carbonyl (C=O) groups excluding carboxylic acids is 4. The van der Waals surface area contributed by atoms with Gasteiger partial charge in [0.2, 0.25) is 11.8 Å². The van der Waals surface area contributed by atoms with Crippen molar-refractivity contribution in [3.05, 3.63) is 85.5 Å². The second-order valence-electron chi connectivity index (χ2n) is 13.0. The normalized spacial score (nSPS) is 25.3. The predicted molar refractivity (Wildman–Crippen MR) is 185 cm³/mol. The minimum absolute atomic E-state index is 0.0480. The number of allylic oxidation sites excluding steroid dienone is 1. The van der Waals surface area contributed by atoms with Gasteiger partial charge in [0.15, 0.2) is 0 Å². The van der Waals surface area contributed by atoms with Gasteiger partial charge in [-0.15, -0.1) is 13.2 Å². The highest BCUT2D eigenvalue weighted by Gasteiger charge is 2.75. The van der Waals surface area contributed by atoms with Crippen LogP contribution in [0.2, 0.25) is 0 Å². The molecular formula is C38H47N3O9. The molecule has 5 rings (SSSR count). The summed E-state index contributed by atoms with van der Waals surface area (Å²) in [5, 5.41) is 13.2. The number of nitrogens with one attached hydrogen (secondary N) is 1. The molecule has 2 bridgehead atoms. The molecular weight excluding hydrogens is 642 g/mol. The molecule has 2 N–H and O–H groups in total. The summed E-state index contributed by atoms with van der Waals surface area (Å²) in [6.45, 7) is 8.98. The van der Waals surface area contributed by atoms with E-state index in [2.05, 4.69) is 18.5 Å². The maximum absolute atomic E-state index is 14.7. The topological polar surface area (TPSA) is 144 Å². The Hall–Kier alpha value is -4.52. The summed E-state index contributed by atoms with van der Waals surface area (Å²) < 4.78 is 23.6. The third kappa shape index (κ3) is 6.92. The second kappa shape index (κ2) is 16.0. The van der Waals surface area contributed by atoms with Gasteiger partial charge in [-0.2, -0.15) is 0 Å². The summed E-state index contributed by atoms with van der Waals surface area (Å²) in [4.78, 5) is 59.3. The summed E-state index contributed by atoms with van der Waals surface area (Å²) in [6.07, 6.45) is 3.07. The van der Waals surface area contributed by atoms with Crippen LogP contribution in [-0.2, 0) is 33.4 Å². The standard InChI is InChI=1S/C38H47N3O9/c1-6-8-14-30(43)39-28(23-47-4)33(25-12-10-9-11-13-25)49-37(46)31-29-19-20-38(50-29)32(31)35(44)41(24(3)22-42)34(38)36(45)40(21-7-2)26-15-17-27(48-5)18-16-26/h6-7,9-13,15-18,24,28-29,31-34,42H,1-2,8,14,19-23H2,3-5H3,(H,39,43)/t24-,28+,29-,31+,32+,33+,34-,38+/m1/s1. The van der Waals surface area contributed by atoms with E-state index in [-0.39, 0.29) is 25.5 Å². The molecule has 3 amide bonds. The van der Waals surface area contributed by atoms with Crippen molar-refractivity contribution in [2.24, 2.45) is 11.8 Å².